The minimum Gasteiger partial charge on any atom is -0.381 e. The summed E-state index contributed by atoms with van der Waals surface area (Å²) >= 11 is 1.56. The Labute approximate surface area is 139 Å². The molecule has 1 aliphatic heterocycles. The van der Waals surface area contributed by atoms with Gasteiger partial charge in [0.15, 0.2) is 0 Å². The van der Waals surface area contributed by atoms with Crippen LogP contribution in [-0.2, 0) is 10.5 Å². The van der Waals surface area contributed by atoms with Crippen molar-refractivity contribution < 1.29 is 4.74 Å². The van der Waals surface area contributed by atoms with E-state index in [1.165, 1.54) is 6.07 Å². The summed E-state index contributed by atoms with van der Waals surface area (Å²) in [5.74, 6) is 1.61. The van der Waals surface area contributed by atoms with Crippen LogP contribution >= 0.6 is 11.8 Å². The van der Waals surface area contributed by atoms with Crippen LogP contribution in [0.1, 0.15) is 18.5 Å². The van der Waals surface area contributed by atoms with Gasteiger partial charge in [-0.05, 0) is 30.9 Å². The number of rotatable bonds is 6. The quantitative estimate of drug-likeness (QED) is 0.790. The lowest BCUT2D eigenvalue weighted by Gasteiger charge is -2.22. The predicted octanol–water partition coefficient (Wildman–Crippen LogP) is 2.30. The molecule has 2 aromatic rings. The summed E-state index contributed by atoms with van der Waals surface area (Å²) in [7, 11) is 0. The van der Waals surface area contributed by atoms with Crippen molar-refractivity contribution in [2.24, 2.45) is 5.92 Å². The third-order valence-corrected chi connectivity index (χ3v) is 4.59. The minimum absolute atomic E-state index is 0.140. The molecule has 2 N–H and O–H groups in total. The molecule has 0 radical (unpaired) electrons. The average Bonchev–Trinajstić information content (AvgIpc) is 2.60. The first-order valence-electron chi connectivity index (χ1n) is 7.75. The third kappa shape index (κ3) is 5.07. The largest absolute Gasteiger partial charge is 0.381 e. The van der Waals surface area contributed by atoms with Gasteiger partial charge in [-0.15, -0.1) is 11.8 Å². The number of aromatic nitrogens is 3. The van der Waals surface area contributed by atoms with Gasteiger partial charge in [0.2, 0.25) is 5.95 Å². The molecule has 0 bridgehead atoms. The number of thioether (sulfide) groups is 1. The van der Waals surface area contributed by atoms with Crippen molar-refractivity contribution in [3.05, 3.63) is 46.5 Å². The van der Waals surface area contributed by atoms with Gasteiger partial charge in [-0.25, -0.2) is 9.97 Å². The number of ether oxygens (including phenoxy) is 1. The van der Waals surface area contributed by atoms with Crippen molar-refractivity contribution in [1.82, 2.24) is 15.0 Å². The third-order valence-electron chi connectivity index (χ3n) is 3.61. The molecular weight excluding hydrogens is 312 g/mol. The zero-order chi connectivity index (χ0) is 15.9. The van der Waals surface area contributed by atoms with Gasteiger partial charge in [-0.1, -0.05) is 6.07 Å². The van der Waals surface area contributed by atoms with Gasteiger partial charge >= 0.3 is 0 Å². The summed E-state index contributed by atoms with van der Waals surface area (Å²) < 4.78 is 5.46. The van der Waals surface area contributed by atoms with Gasteiger partial charge in [0.1, 0.15) is 0 Å². The van der Waals surface area contributed by atoms with Crippen LogP contribution in [0.3, 0.4) is 0 Å². The zero-order valence-corrected chi connectivity index (χ0v) is 13.6. The number of H-pyrrole nitrogens is 1. The first-order valence-corrected chi connectivity index (χ1v) is 8.74. The SMILES string of the molecule is O=c1cc(CSc2ccccn2)nc(NCC2CCCOC2)[nH]1. The van der Waals surface area contributed by atoms with Crippen LogP contribution in [0, 0.1) is 5.92 Å². The summed E-state index contributed by atoms with van der Waals surface area (Å²) in [5, 5.41) is 4.14. The summed E-state index contributed by atoms with van der Waals surface area (Å²) in [6.07, 6.45) is 4.00. The van der Waals surface area contributed by atoms with Gasteiger partial charge in [-0.3, -0.25) is 9.78 Å². The summed E-state index contributed by atoms with van der Waals surface area (Å²) in [4.78, 5) is 23.3. The van der Waals surface area contributed by atoms with Crippen LogP contribution in [0.2, 0.25) is 0 Å². The molecule has 1 atom stereocenters. The standard InChI is InChI=1S/C16H20N4O2S/c21-14-8-13(11-23-15-5-1-2-6-17-15)19-16(20-14)18-9-12-4-3-7-22-10-12/h1-2,5-6,8,12H,3-4,7,9-11H2,(H2,18,19,20,21). The van der Waals surface area contributed by atoms with Crippen LogP contribution < -0.4 is 10.9 Å². The second-order valence-electron chi connectivity index (χ2n) is 5.51. The van der Waals surface area contributed by atoms with Gasteiger partial charge in [-0.2, -0.15) is 0 Å². The predicted molar refractivity (Wildman–Crippen MR) is 90.7 cm³/mol. The van der Waals surface area contributed by atoms with E-state index in [2.05, 4.69) is 20.3 Å². The van der Waals surface area contributed by atoms with E-state index in [1.54, 1.807) is 18.0 Å². The maximum absolute atomic E-state index is 11.8. The Morgan fingerprint density at radius 2 is 2.39 bits per heavy atom. The van der Waals surface area contributed by atoms with Crippen molar-refractivity contribution in [1.29, 1.82) is 0 Å². The fourth-order valence-electron chi connectivity index (χ4n) is 2.46. The molecule has 1 saturated heterocycles. The van der Waals surface area contributed by atoms with Gasteiger partial charge in [0, 0.05) is 31.2 Å². The first kappa shape index (κ1) is 16.0. The number of aromatic amines is 1. The van der Waals surface area contributed by atoms with Gasteiger partial charge in [0.25, 0.3) is 5.56 Å². The van der Waals surface area contributed by atoms with Crippen molar-refractivity contribution in [2.45, 2.75) is 23.6 Å². The molecule has 0 aromatic carbocycles. The van der Waals surface area contributed by atoms with Crippen molar-refractivity contribution in [3.8, 4) is 0 Å². The molecule has 0 aliphatic carbocycles. The highest BCUT2D eigenvalue weighted by molar-refractivity contribution is 7.98. The van der Waals surface area contributed by atoms with E-state index in [0.29, 0.717) is 17.6 Å². The Hall–Kier alpha value is -1.86. The van der Waals surface area contributed by atoms with Crippen LogP contribution in [0.4, 0.5) is 5.95 Å². The lowest BCUT2D eigenvalue weighted by atomic mass is 10.0. The molecular formula is C16H20N4O2S. The normalized spacial score (nSPS) is 17.8. The Morgan fingerprint density at radius 3 is 3.17 bits per heavy atom. The van der Waals surface area contributed by atoms with Crippen LogP contribution in [0.5, 0.6) is 0 Å². The fraction of sp³-hybridized carbons (Fsp3) is 0.438. The maximum Gasteiger partial charge on any atom is 0.252 e. The molecule has 3 heterocycles. The van der Waals surface area contributed by atoms with E-state index in [4.69, 9.17) is 4.74 Å². The maximum atomic E-state index is 11.8. The molecule has 23 heavy (non-hydrogen) atoms. The number of hydrogen-bond acceptors (Lipinski definition) is 6. The topological polar surface area (TPSA) is 79.9 Å². The second kappa shape index (κ2) is 8.12. The first-order chi connectivity index (χ1) is 11.3. The Balaban J connectivity index is 1.58. The smallest absolute Gasteiger partial charge is 0.252 e. The van der Waals surface area contributed by atoms with Crippen molar-refractivity contribution in [3.63, 3.8) is 0 Å². The van der Waals surface area contributed by atoms with Crippen LogP contribution in [-0.4, -0.2) is 34.7 Å². The number of hydrogen-bond donors (Lipinski definition) is 2. The second-order valence-corrected chi connectivity index (χ2v) is 6.50. The summed E-state index contributed by atoms with van der Waals surface area (Å²) in [6, 6.07) is 7.30. The molecule has 2 aromatic heterocycles. The van der Waals surface area contributed by atoms with E-state index in [-0.39, 0.29) is 5.56 Å². The van der Waals surface area contributed by atoms with Gasteiger partial charge < -0.3 is 10.1 Å². The van der Waals surface area contributed by atoms with E-state index < -0.39 is 0 Å². The highest BCUT2D eigenvalue weighted by Gasteiger charge is 2.14. The highest BCUT2D eigenvalue weighted by atomic mass is 32.2. The molecule has 3 rings (SSSR count). The summed E-state index contributed by atoms with van der Waals surface area (Å²) in [6.45, 7) is 2.39. The van der Waals surface area contributed by atoms with E-state index >= 15 is 0 Å². The Morgan fingerprint density at radius 1 is 1.43 bits per heavy atom. The molecule has 122 valence electrons. The molecule has 0 spiro atoms. The summed E-state index contributed by atoms with van der Waals surface area (Å²) in [5.41, 5.74) is 0.603. The Bertz CT molecular complexity index is 671. The van der Waals surface area contributed by atoms with Gasteiger partial charge in [0.05, 0.1) is 17.3 Å². The average molecular weight is 332 g/mol. The van der Waals surface area contributed by atoms with Crippen LogP contribution in [0.25, 0.3) is 0 Å². The highest BCUT2D eigenvalue weighted by Crippen LogP contribution is 2.19. The molecule has 0 amide bonds. The molecule has 7 heteroatoms. The van der Waals surface area contributed by atoms with Crippen molar-refractivity contribution in [2.75, 3.05) is 25.1 Å². The molecule has 1 unspecified atom stereocenters. The minimum atomic E-state index is -0.140. The van der Waals surface area contributed by atoms with E-state index in [1.807, 2.05) is 18.2 Å². The monoisotopic (exact) mass is 332 g/mol. The molecule has 1 fully saturated rings. The lowest BCUT2D eigenvalue weighted by Crippen LogP contribution is -2.25. The number of nitrogens with one attached hydrogen (secondary N) is 2. The molecule has 0 saturated carbocycles. The molecule has 6 nitrogen and oxygen atoms in total. The number of pyridine rings is 1. The zero-order valence-electron chi connectivity index (χ0n) is 12.8. The number of anilines is 1. The Kier molecular flexibility index (Phi) is 5.65. The van der Waals surface area contributed by atoms with E-state index in [9.17, 15) is 4.79 Å². The fourth-order valence-corrected chi connectivity index (χ4v) is 3.21. The lowest BCUT2D eigenvalue weighted by molar-refractivity contribution is 0.0594. The molecule has 1 aliphatic rings. The number of nitrogens with zero attached hydrogens (tertiary/aromatic N) is 2. The van der Waals surface area contributed by atoms with Crippen molar-refractivity contribution >= 4 is 17.7 Å². The van der Waals surface area contributed by atoms with E-state index in [0.717, 1.165) is 43.3 Å². The van der Waals surface area contributed by atoms with Crippen LogP contribution in [0.15, 0.2) is 40.3 Å².